The van der Waals surface area contributed by atoms with Crippen molar-refractivity contribution in [2.24, 2.45) is 0 Å². The quantitative estimate of drug-likeness (QED) is 0.230. The van der Waals surface area contributed by atoms with Gasteiger partial charge in [-0.2, -0.15) is 0 Å². The molecule has 0 aromatic carbocycles. The normalized spacial score (nSPS) is 15.2. The van der Waals surface area contributed by atoms with E-state index in [2.05, 4.69) is 13.8 Å². The Labute approximate surface area is 172 Å². The molecule has 0 radical (unpaired) electrons. The van der Waals surface area contributed by atoms with Crippen LogP contribution in [0.4, 0.5) is 0 Å². The maximum atomic E-state index is 6.12. The Balaban J connectivity index is 5.16. The minimum atomic E-state index is -3.55. The van der Waals surface area contributed by atoms with Crippen LogP contribution in [0.25, 0.3) is 0 Å². The third-order valence-electron chi connectivity index (χ3n) is 4.31. The molecule has 26 heavy (non-hydrogen) atoms. The van der Waals surface area contributed by atoms with E-state index in [1.165, 1.54) is 0 Å². The van der Waals surface area contributed by atoms with E-state index in [1.54, 1.807) is 0 Å². The molecule has 0 saturated heterocycles. The maximum absolute atomic E-state index is 6.12. The van der Waals surface area contributed by atoms with Gasteiger partial charge in [0.2, 0.25) is 0 Å². The van der Waals surface area contributed by atoms with Crippen LogP contribution >= 0.6 is 0 Å². The molecule has 0 bridgehead atoms. The van der Waals surface area contributed by atoms with Crippen molar-refractivity contribution in [1.29, 1.82) is 0 Å². The van der Waals surface area contributed by atoms with Crippen molar-refractivity contribution in [3.63, 3.8) is 0 Å². The molecule has 0 amide bonds. The van der Waals surface area contributed by atoms with E-state index in [9.17, 15) is 0 Å². The average Bonchev–Trinajstić information content (AvgIpc) is 2.60. The third-order valence-corrected chi connectivity index (χ3v) is 24.7. The molecule has 0 aliphatic heterocycles. The first-order valence-corrected chi connectivity index (χ1v) is 20.5. The summed E-state index contributed by atoms with van der Waals surface area (Å²) in [7, 11) is 0. The summed E-state index contributed by atoms with van der Waals surface area (Å²) in [4.78, 5) is 0. The van der Waals surface area contributed by atoms with Crippen LogP contribution in [-0.2, 0) is 18.4 Å². The average molecular weight is 592 g/mol. The zero-order valence-corrected chi connectivity index (χ0v) is 24.0. The van der Waals surface area contributed by atoms with Gasteiger partial charge < -0.3 is 0 Å². The second-order valence-corrected chi connectivity index (χ2v) is 23.6. The van der Waals surface area contributed by atoms with Gasteiger partial charge in [-0.05, 0) is 0 Å². The summed E-state index contributed by atoms with van der Waals surface area (Å²) in [6.45, 7) is 20.3. The molecule has 0 N–H and O–H groups in total. The summed E-state index contributed by atoms with van der Waals surface area (Å²) in [5, 5.41) is 0. The Morgan fingerprint density at radius 3 is 0.808 bits per heavy atom. The van der Waals surface area contributed by atoms with Gasteiger partial charge in [0.1, 0.15) is 0 Å². The summed E-state index contributed by atoms with van der Waals surface area (Å²) in [6.07, 6.45) is 1.95. The molecule has 0 aliphatic carbocycles. The number of hydrogen-bond acceptors (Lipinski definition) is 6. The predicted molar refractivity (Wildman–Crippen MR) is 109 cm³/mol. The molecular weight excluding hydrogens is 550 g/mol. The van der Waals surface area contributed by atoms with E-state index in [4.69, 9.17) is 18.4 Å². The number of hydrogen-bond donors (Lipinski definition) is 0. The van der Waals surface area contributed by atoms with E-state index >= 15 is 0 Å². The van der Waals surface area contributed by atoms with Crippen LogP contribution < -0.4 is 0 Å². The van der Waals surface area contributed by atoms with Gasteiger partial charge in [0, 0.05) is 0 Å². The SMILES string of the molecule is CC[O][Sn]([O]CC)([O]CC)[CH](C)CC[CH](C)[Sn]([O]CC)([O]CC)[O]CC. The summed E-state index contributed by atoms with van der Waals surface area (Å²) in [5.74, 6) is 0. The molecule has 8 heteroatoms. The topological polar surface area (TPSA) is 55.4 Å². The zero-order chi connectivity index (χ0) is 20.1. The summed E-state index contributed by atoms with van der Waals surface area (Å²) < 4.78 is 37.3. The van der Waals surface area contributed by atoms with Crippen LogP contribution in [0.2, 0.25) is 7.87 Å². The summed E-state index contributed by atoms with van der Waals surface area (Å²) >= 11 is -7.09. The standard InChI is InChI=1S/C6H12.6C2H5O.2Sn/c1-3-5-6-4-2;6*1-2-3;;/h3-4H,5-6H2,1-2H3;6*2H2,1H3;;/q;6*-1;2*+3. The first-order chi connectivity index (χ1) is 12.4. The predicted octanol–water partition coefficient (Wildman–Crippen LogP) is 4.64. The van der Waals surface area contributed by atoms with Crippen molar-refractivity contribution in [2.45, 2.75) is 76.1 Å². The summed E-state index contributed by atoms with van der Waals surface area (Å²) in [5.41, 5.74) is 0. The van der Waals surface area contributed by atoms with Crippen molar-refractivity contribution < 1.29 is 18.4 Å². The van der Waals surface area contributed by atoms with Crippen molar-refractivity contribution in [3.05, 3.63) is 0 Å². The molecule has 158 valence electrons. The van der Waals surface area contributed by atoms with E-state index < -0.39 is 39.2 Å². The monoisotopic (exact) mass is 594 g/mol. The van der Waals surface area contributed by atoms with Crippen molar-refractivity contribution in [3.8, 4) is 0 Å². The fourth-order valence-electron chi connectivity index (χ4n) is 3.16. The van der Waals surface area contributed by atoms with Gasteiger partial charge in [-0.25, -0.2) is 0 Å². The van der Waals surface area contributed by atoms with Crippen molar-refractivity contribution in [1.82, 2.24) is 0 Å². The third kappa shape index (κ3) is 8.39. The van der Waals surface area contributed by atoms with Gasteiger partial charge in [0.15, 0.2) is 0 Å². The van der Waals surface area contributed by atoms with Gasteiger partial charge in [-0.3, -0.25) is 0 Å². The molecule has 0 heterocycles. The van der Waals surface area contributed by atoms with Crippen LogP contribution in [-0.4, -0.2) is 78.9 Å². The molecule has 0 saturated carbocycles. The van der Waals surface area contributed by atoms with Crippen LogP contribution in [0, 0.1) is 0 Å². The second-order valence-electron chi connectivity index (χ2n) is 6.18. The molecule has 0 aliphatic rings. The van der Waals surface area contributed by atoms with Gasteiger partial charge in [-0.15, -0.1) is 0 Å². The molecule has 0 spiro atoms. The molecule has 6 nitrogen and oxygen atoms in total. The molecule has 0 fully saturated rings. The Morgan fingerprint density at radius 2 is 0.654 bits per heavy atom. The Morgan fingerprint density at radius 1 is 0.462 bits per heavy atom. The van der Waals surface area contributed by atoms with Crippen LogP contribution in [0.15, 0.2) is 0 Å². The van der Waals surface area contributed by atoms with Gasteiger partial charge in [0.25, 0.3) is 0 Å². The fraction of sp³-hybridized carbons (Fsp3) is 1.00. The van der Waals surface area contributed by atoms with E-state index in [1.807, 2.05) is 41.5 Å². The minimum absolute atomic E-state index is 0.292. The first kappa shape index (κ1) is 27.4. The second kappa shape index (κ2) is 15.2. The molecular formula is C18H42O6Sn2. The van der Waals surface area contributed by atoms with Gasteiger partial charge in [-0.1, -0.05) is 0 Å². The van der Waals surface area contributed by atoms with Gasteiger partial charge >= 0.3 is 173 Å². The van der Waals surface area contributed by atoms with E-state index in [0.29, 0.717) is 47.5 Å². The van der Waals surface area contributed by atoms with Crippen molar-refractivity contribution >= 4 is 39.2 Å². The zero-order valence-electron chi connectivity index (χ0n) is 18.3. The van der Waals surface area contributed by atoms with Crippen LogP contribution in [0.3, 0.4) is 0 Å². The van der Waals surface area contributed by atoms with Crippen LogP contribution in [0.5, 0.6) is 0 Å². The molecule has 0 aromatic heterocycles. The van der Waals surface area contributed by atoms with E-state index in [0.717, 1.165) is 12.8 Å². The molecule has 2 atom stereocenters. The Hall–Kier alpha value is 1.36. The molecule has 0 aromatic rings. The van der Waals surface area contributed by atoms with Gasteiger partial charge in [0.05, 0.1) is 0 Å². The fourth-order valence-corrected chi connectivity index (χ4v) is 19.3. The number of rotatable bonds is 17. The molecule has 0 rings (SSSR count). The Bertz CT molecular complexity index is 280. The first-order valence-electron chi connectivity index (χ1n) is 10.2. The molecule has 2 unspecified atom stereocenters. The Kier molecular flexibility index (Phi) is 16.0. The van der Waals surface area contributed by atoms with Crippen LogP contribution in [0.1, 0.15) is 68.2 Å². The summed E-state index contributed by atoms with van der Waals surface area (Å²) in [6, 6.07) is 0. The van der Waals surface area contributed by atoms with E-state index in [-0.39, 0.29) is 0 Å². The van der Waals surface area contributed by atoms with Crippen molar-refractivity contribution in [2.75, 3.05) is 39.6 Å².